The topological polar surface area (TPSA) is 163 Å². The number of nitrogens with zero attached hydrogens (tertiary/aromatic N) is 4. The molecule has 0 aromatic rings. The zero-order chi connectivity index (χ0) is 31.9. The third-order valence-corrected chi connectivity index (χ3v) is 7.20. The third-order valence-electron chi connectivity index (χ3n) is 7.20. The monoisotopic (exact) mass is 601 g/mol. The standard InChI is InChI=1S/C29H55N5O8/c1-7-31-10-11-32(18-25(36)37)12-13-33(19-26(38)39)15-17-34(16-14-31)23(27(40)41)8-9-24(35)30-20-29(5,6)22-42-21-28(2,3)4/h23H,7-22H2,1-6H3,(H,30,35)(H,36,37)(H,38,39)(H,40,41). The average Bonchev–Trinajstić information content (AvgIpc) is 2.85. The van der Waals surface area contributed by atoms with Crippen LogP contribution in [0.2, 0.25) is 0 Å². The maximum Gasteiger partial charge on any atom is 0.320 e. The number of carboxylic acid groups (broad SMARTS) is 3. The van der Waals surface area contributed by atoms with E-state index in [-0.39, 0.29) is 42.7 Å². The number of carbonyl (C=O) groups is 4. The van der Waals surface area contributed by atoms with Crippen LogP contribution in [0.25, 0.3) is 0 Å². The Morgan fingerprint density at radius 3 is 1.69 bits per heavy atom. The van der Waals surface area contributed by atoms with Gasteiger partial charge in [-0.25, -0.2) is 0 Å². The fraction of sp³-hybridized carbons (Fsp3) is 0.862. The van der Waals surface area contributed by atoms with Gasteiger partial charge >= 0.3 is 17.9 Å². The lowest BCUT2D eigenvalue weighted by molar-refractivity contribution is -0.144. The summed E-state index contributed by atoms with van der Waals surface area (Å²) >= 11 is 0. The van der Waals surface area contributed by atoms with Gasteiger partial charge in [0.15, 0.2) is 0 Å². The van der Waals surface area contributed by atoms with E-state index >= 15 is 0 Å². The summed E-state index contributed by atoms with van der Waals surface area (Å²) in [7, 11) is 0. The number of nitrogens with one attached hydrogen (secondary N) is 1. The first-order chi connectivity index (χ1) is 19.5. The average molecular weight is 602 g/mol. The van der Waals surface area contributed by atoms with Crippen LogP contribution in [0, 0.1) is 10.8 Å². The van der Waals surface area contributed by atoms with Crippen molar-refractivity contribution in [1.29, 1.82) is 0 Å². The van der Waals surface area contributed by atoms with Crippen molar-refractivity contribution in [2.45, 2.75) is 60.4 Å². The zero-order valence-electron chi connectivity index (χ0n) is 26.6. The predicted molar refractivity (Wildman–Crippen MR) is 160 cm³/mol. The molecular weight excluding hydrogens is 546 g/mol. The molecule has 0 bridgehead atoms. The van der Waals surface area contributed by atoms with Gasteiger partial charge in [-0.15, -0.1) is 0 Å². The molecule has 1 saturated heterocycles. The van der Waals surface area contributed by atoms with E-state index in [2.05, 4.69) is 31.0 Å². The summed E-state index contributed by atoms with van der Waals surface area (Å²) < 4.78 is 5.83. The van der Waals surface area contributed by atoms with E-state index in [0.29, 0.717) is 72.1 Å². The minimum absolute atomic E-state index is 0.0485. The number of ether oxygens (including phenoxy) is 1. The number of likely N-dealkylation sites (N-methyl/N-ethyl adjacent to an activating group) is 1. The van der Waals surface area contributed by atoms with Gasteiger partial charge in [0.25, 0.3) is 0 Å². The molecule has 1 fully saturated rings. The fourth-order valence-corrected chi connectivity index (χ4v) is 4.72. The molecule has 0 spiro atoms. The highest BCUT2D eigenvalue weighted by atomic mass is 16.5. The Morgan fingerprint density at radius 1 is 0.762 bits per heavy atom. The smallest absolute Gasteiger partial charge is 0.320 e. The van der Waals surface area contributed by atoms with Crippen molar-refractivity contribution in [3.8, 4) is 0 Å². The quantitative estimate of drug-likeness (QED) is 0.209. The maximum atomic E-state index is 12.7. The number of rotatable bonds is 15. The Morgan fingerprint density at radius 2 is 1.24 bits per heavy atom. The Balaban J connectivity index is 2.88. The molecule has 1 aliphatic heterocycles. The second kappa shape index (κ2) is 18.4. The van der Waals surface area contributed by atoms with Gasteiger partial charge in [-0.3, -0.25) is 33.9 Å². The summed E-state index contributed by atoms with van der Waals surface area (Å²) in [6.45, 7) is 17.6. The largest absolute Gasteiger partial charge is 0.480 e. The predicted octanol–water partition coefficient (Wildman–Crippen LogP) is 0.836. The minimum atomic E-state index is -1.02. The van der Waals surface area contributed by atoms with Gasteiger partial charge in [0.1, 0.15) is 6.04 Å². The van der Waals surface area contributed by atoms with Gasteiger partial charge in [0, 0.05) is 70.7 Å². The Kier molecular flexibility index (Phi) is 16.5. The summed E-state index contributed by atoms with van der Waals surface area (Å²) in [5, 5.41) is 31.8. The van der Waals surface area contributed by atoms with Crippen LogP contribution >= 0.6 is 0 Å². The molecule has 1 amide bonds. The summed E-state index contributed by atoms with van der Waals surface area (Å²) in [6, 6.07) is -0.907. The van der Waals surface area contributed by atoms with E-state index in [4.69, 9.17) is 4.74 Å². The van der Waals surface area contributed by atoms with Gasteiger partial charge in [0.2, 0.25) is 5.91 Å². The van der Waals surface area contributed by atoms with E-state index < -0.39 is 23.9 Å². The fourth-order valence-electron chi connectivity index (χ4n) is 4.72. The second-order valence-corrected chi connectivity index (χ2v) is 13.2. The Bertz CT molecular complexity index is 863. The van der Waals surface area contributed by atoms with Gasteiger partial charge in [-0.1, -0.05) is 41.5 Å². The van der Waals surface area contributed by atoms with Crippen LogP contribution in [0.15, 0.2) is 0 Å². The first-order valence-electron chi connectivity index (χ1n) is 14.9. The van der Waals surface area contributed by atoms with Crippen molar-refractivity contribution in [1.82, 2.24) is 24.9 Å². The highest BCUT2D eigenvalue weighted by Crippen LogP contribution is 2.19. The molecule has 0 aromatic carbocycles. The molecule has 0 saturated carbocycles. The molecule has 0 aliphatic carbocycles. The molecule has 13 nitrogen and oxygen atoms in total. The first-order valence-corrected chi connectivity index (χ1v) is 14.9. The van der Waals surface area contributed by atoms with Crippen molar-refractivity contribution in [3.05, 3.63) is 0 Å². The van der Waals surface area contributed by atoms with Crippen molar-refractivity contribution in [3.63, 3.8) is 0 Å². The lowest BCUT2D eigenvalue weighted by Gasteiger charge is -2.35. The summed E-state index contributed by atoms with van der Waals surface area (Å²) in [6.07, 6.45) is 0.173. The van der Waals surface area contributed by atoms with E-state index in [0.717, 1.165) is 6.54 Å². The van der Waals surface area contributed by atoms with E-state index in [1.54, 1.807) is 9.80 Å². The first kappa shape index (κ1) is 37.7. The molecular formula is C29H55N5O8. The van der Waals surface area contributed by atoms with Crippen molar-refractivity contribution < 1.29 is 39.2 Å². The van der Waals surface area contributed by atoms with E-state index in [1.165, 1.54) is 0 Å². The van der Waals surface area contributed by atoms with Crippen molar-refractivity contribution >= 4 is 23.8 Å². The summed E-state index contributed by atoms with van der Waals surface area (Å²) in [4.78, 5) is 55.4. The number of hydrogen-bond donors (Lipinski definition) is 4. The molecule has 0 radical (unpaired) electrons. The van der Waals surface area contributed by atoms with Gasteiger partial charge in [-0.05, 0) is 18.4 Å². The van der Waals surface area contributed by atoms with Gasteiger partial charge < -0.3 is 30.3 Å². The van der Waals surface area contributed by atoms with Crippen LogP contribution in [-0.2, 0) is 23.9 Å². The number of amides is 1. The molecule has 244 valence electrons. The van der Waals surface area contributed by atoms with E-state index in [1.807, 2.05) is 25.7 Å². The van der Waals surface area contributed by atoms with Crippen LogP contribution in [0.1, 0.15) is 54.4 Å². The Hall–Kier alpha value is -2.32. The van der Waals surface area contributed by atoms with Crippen LogP contribution in [0.4, 0.5) is 0 Å². The number of carboxylic acids is 3. The SMILES string of the molecule is CCN1CCN(CC(=O)O)CCN(CC(=O)O)CCN(C(CCC(=O)NCC(C)(C)COCC(C)(C)C)C(=O)O)CC1. The number of carbonyl (C=O) groups excluding carboxylic acids is 1. The van der Waals surface area contributed by atoms with E-state index in [9.17, 15) is 34.5 Å². The Labute approximate surface area is 251 Å². The molecule has 1 unspecified atom stereocenters. The zero-order valence-corrected chi connectivity index (χ0v) is 26.6. The van der Waals surface area contributed by atoms with Gasteiger partial charge in [0.05, 0.1) is 26.3 Å². The number of aliphatic carboxylic acids is 3. The molecule has 1 heterocycles. The number of hydrogen-bond acceptors (Lipinski definition) is 9. The maximum absolute atomic E-state index is 12.7. The lowest BCUT2D eigenvalue weighted by Crippen LogP contribution is -2.51. The molecule has 1 atom stereocenters. The normalized spacial score (nSPS) is 18.5. The van der Waals surface area contributed by atoms with Crippen LogP contribution in [0.5, 0.6) is 0 Å². The lowest BCUT2D eigenvalue weighted by atomic mass is 9.94. The highest BCUT2D eigenvalue weighted by molar-refractivity contribution is 5.78. The molecule has 4 N–H and O–H groups in total. The molecule has 42 heavy (non-hydrogen) atoms. The van der Waals surface area contributed by atoms with Crippen molar-refractivity contribution in [2.24, 2.45) is 10.8 Å². The summed E-state index contributed by atoms with van der Waals surface area (Å²) in [5.74, 6) is -3.19. The van der Waals surface area contributed by atoms with Gasteiger partial charge in [-0.2, -0.15) is 0 Å². The molecule has 0 aromatic heterocycles. The third kappa shape index (κ3) is 17.0. The summed E-state index contributed by atoms with van der Waals surface area (Å²) in [5.41, 5.74) is -0.227. The highest BCUT2D eigenvalue weighted by Gasteiger charge is 2.29. The van der Waals surface area contributed by atoms with Crippen molar-refractivity contribution in [2.75, 3.05) is 91.8 Å². The second-order valence-electron chi connectivity index (χ2n) is 13.2. The van der Waals surface area contributed by atoms with Crippen LogP contribution in [-0.4, -0.2) is 157 Å². The van der Waals surface area contributed by atoms with Crippen LogP contribution in [0.3, 0.4) is 0 Å². The molecule has 13 heteroatoms. The minimum Gasteiger partial charge on any atom is -0.480 e. The molecule has 1 rings (SSSR count). The molecule has 1 aliphatic rings. The van der Waals surface area contributed by atoms with Crippen LogP contribution < -0.4 is 5.32 Å².